The predicted octanol–water partition coefficient (Wildman–Crippen LogP) is -0.339. The van der Waals surface area contributed by atoms with Crippen LogP contribution in [-0.2, 0) is 4.74 Å². The lowest BCUT2D eigenvalue weighted by Crippen LogP contribution is -2.60. The molecule has 5 atom stereocenters. The molecule has 0 unspecified atom stereocenters. The highest BCUT2D eigenvalue weighted by atomic mass is 79.9. The first kappa shape index (κ1) is 14.7. The van der Waals surface area contributed by atoms with Gasteiger partial charge in [0.1, 0.15) is 24.4 Å². The summed E-state index contributed by atoms with van der Waals surface area (Å²) in [6.45, 7) is -0.441. The zero-order valence-electron chi connectivity index (χ0n) is 9.98. The molecule has 0 aromatic heterocycles. The Morgan fingerprint density at radius 3 is 2.26 bits per heavy atom. The molecular weight excluding hydrogens is 318 g/mol. The number of rotatable bonds is 3. The summed E-state index contributed by atoms with van der Waals surface area (Å²) in [5.41, 5.74) is 0.688. The van der Waals surface area contributed by atoms with Crippen molar-refractivity contribution in [2.45, 2.75) is 30.6 Å². The molecule has 1 aliphatic heterocycles. The Morgan fingerprint density at radius 2 is 1.68 bits per heavy atom. The summed E-state index contributed by atoms with van der Waals surface area (Å²) >= 11 is 3.31. The van der Waals surface area contributed by atoms with E-state index in [1.807, 2.05) is 12.1 Å². The van der Waals surface area contributed by atoms with E-state index in [2.05, 4.69) is 21.2 Å². The molecule has 0 amide bonds. The molecule has 5 N–H and O–H groups in total. The van der Waals surface area contributed by atoms with Crippen LogP contribution in [-0.4, -0.2) is 57.7 Å². The van der Waals surface area contributed by atoms with Crippen LogP contribution >= 0.6 is 15.9 Å². The quantitative estimate of drug-likeness (QED) is 0.518. The van der Waals surface area contributed by atoms with E-state index in [0.717, 1.165) is 4.47 Å². The van der Waals surface area contributed by atoms with E-state index in [4.69, 9.17) is 9.84 Å². The fourth-order valence-corrected chi connectivity index (χ4v) is 2.20. The van der Waals surface area contributed by atoms with Crippen LogP contribution in [0.2, 0.25) is 0 Å². The SMILES string of the molecule is OC[C@@H]1O[C@@H](Nc2ccc(Br)cc2)[C@H](O)[C@H](O)[C@@H]1O. The maximum Gasteiger partial charge on any atom is 0.157 e. The van der Waals surface area contributed by atoms with Crippen LogP contribution in [0.25, 0.3) is 0 Å². The van der Waals surface area contributed by atoms with Crippen molar-refractivity contribution in [3.05, 3.63) is 28.7 Å². The zero-order chi connectivity index (χ0) is 14.0. The number of benzene rings is 1. The van der Waals surface area contributed by atoms with Gasteiger partial charge in [-0.1, -0.05) is 15.9 Å². The van der Waals surface area contributed by atoms with Crippen molar-refractivity contribution < 1.29 is 25.2 Å². The molecule has 1 aliphatic rings. The second-order valence-corrected chi connectivity index (χ2v) is 5.32. The lowest BCUT2D eigenvalue weighted by atomic mass is 9.98. The molecule has 1 saturated heterocycles. The third-order valence-corrected chi connectivity index (χ3v) is 3.57. The van der Waals surface area contributed by atoms with Crippen molar-refractivity contribution >= 4 is 21.6 Å². The van der Waals surface area contributed by atoms with Crippen LogP contribution in [0.3, 0.4) is 0 Å². The van der Waals surface area contributed by atoms with Gasteiger partial charge in [-0.25, -0.2) is 0 Å². The van der Waals surface area contributed by atoms with Gasteiger partial charge in [-0.05, 0) is 24.3 Å². The lowest BCUT2D eigenvalue weighted by Gasteiger charge is -2.40. The van der Waals surface area contributed by atoms with Crippen molar-refractivity contribution in [2.24, 2.45) is 0 Å². The summed E-state index contributed by atoms with van der Waals surface area (Å²) in [5, 5.41) is 41.1. The van der Waals surface area contributed by atoms with E-state index in [9.17, 15) is 15.3 Å². The molecule has 106 valence electrons. The Morgan fingerprint density at radius 1 is 1.05 bits per heavy atom. The summed E-state index contributed by atoms with van der Waals surface area (Å²) in [6.07, 6.45) is -5.83. The van der Waals surface area contributed by atoms with Gasteiger partial charge in [0.05, 0.1) is 6.61 Å². The standard InChI is InChI=1S/C12H16BrNO5/c13-6-1-3-7(4-2-6)14-12-11(18)10(17)9(16)8(5-15)19-12/h1-4,8-12,14-18H,5H2/t8-,9+,10+,11+,12+/m0/s1. The van der Waals surface area contributed by atoms with E-state index in [0.29, 0.717) is 5.69 Å². The van der Waals surface area contributed by atoms with E-state index < -0.39 is 37.3 Å². The molecule has 19 heavy (non-hydrogen) atoms. The first-order valence-corrected chi connectivity index (χ1v) is 6.65. The minimum atomic E-state index is -1.38. The Balaban J connectivity index is 2.08. The molecule has 2 rings (SSSR count). The summed E-state index contributed by atoms with van der Waals surface area (Å²) < 4.78 is 6.24. The van der Waals surface area contributed by atoms with Gasteiger partial charge in [0.15, 0.2) is 6.23 Å². The summed E-state index contributed by atoms with van der Waals surface area (Å²) in [6, 6.07) is 7.16. The third-order valence-electron chi connectivity index (χ3n) is 3.05. The fourth-order valence-electron chi connectivity index (χ4n) is 1.93. The van der Waals surface area contributed by atoms with Gasteiger partial charge in [0.25, 0.3) is 0 Å². The van der Waals surface area contributed by atoms with E-state index in [1.54, 1.807) is 12.1 Å². The highest BCUT2D eigenvalue weighted by Gasteiger charge is 2.43. The molecule has 6 nitrogen and oxygen atoms in total. The van der Waals surface area contributed by atoms with Crippen LogP contribution in [0.4, 0.5) is 5.69 Å². The van der Waals surface area contributed by atoms with E-state index in [-0.39, 0.29) is 0 Å². The van der Waals surface area contributed by atoms with Crippen molar-refractivity contribution in [1.82, 2.24) is 0 Å². The molecule has 1 fully saturated rings. The normalized spacial score (nSPS) is 35.1. The molecule has 0 bridgehead atoms. The number of anilines is 1. The van der Waals surface area contributed by atoms with Gasteiger partial charge in [0.2, 0.25) is 0 Å². The van der Waals surface area contributed by atoms with Gasteiger partial charge in [-0.15, -0.1) is 0 Å². The first-order chi connectivity index (χ1) is 9.02. The van der Waals surface area contributed by atoms with E-state index >= 15 is 0 Å². The minimum absolute atomic E-state index is 0.441. The maximum absolute atomic E-state index is 9.85. The molecule has 0 aliphatic carbocycles. The van der Waals surface area contributed by atoms with Crippen LogP contribution in [0.5, 0.6) is 0 Å². The minimum Gasteiger partial charge on any atom is -0.394 e. The lowest BCUT2D eigenvalue weighted by molar-refractivity contribution is -0.221. The van der Waals surface area contributed by atoms with Crippen LogP contribution in [0.15, 0.2) is 28.7 Å². The first-order valence-electron chi connectivity index (χ1n) is 5.85. The molecule has 0 radical (unpaired) electrons. The molecular formula is C12H16BrNO5. The largest absolute Gasteiger partial charge is 0.394 e. The number of hydrogen-bond acceptors (Lipinski definition) is 6. The topological polar surface area (TPSA) is 102 Å². The second-order valence-electron chi connectivity index (χ2n) is 4.40. The maximum atomic E-state index is 9.85. The second kappa shape index (κ2) is 6.17. The van der Waals surface area contributed by atoms with Crippen molar-refractivity contribution in [3.8, 4) is 0 Å². The number of halogens is 1. The van der Waals surface area contributed by atoms with Gasteiger partial charge in [0, 0.05) is 10.2 Å². The Hall–Kier alpha value is -0.700. The molecule has 0 spiro atoms. The Kier molecular flexibility index (Phi) is 4.77. The summed E-state index contributed by atoms with van der Waals surface area (Å²) in [4.78, 5) is 0. The van der Waals surface area contributed by atoms with E-state index in [1.165, 1.54) is 0 Å². The van der Waals surface area contributed by atoms with Crippen molar-refractivity contribution in [3.63, 3.8) is 0 Å². The monoisotopic (exact) mass is 333 g/mol. The highest BCUT2D eigenvalue weighted by molar-refractivity contribution is 9.10. The number of nitrogens with one attached hydrogen (secondary N) is 1. The predicted molar refractivity (Wildman–Crippen MR) is 71.5 cm³/mol. The Bertz CT molecular complexity index is 413. The number of aliphatic hydroxyl groups is 4. The number of aliphatic hydroxyl groups excluding tert-OH is 4. The molecule has 1 aromatic carbocycles. The third kappa shape index (κ3) is 3.25. The average Bonchev–Trinajstić information content (AvgIpc) is 2.42. The molecule has 1 heterocycles. The Labute approximate surface area is 118 Å². The number of hydrogen-bond donors (Lipinski definition) is 5. The summed E-state index contributed by atoms with van der Waals surface area (Å²) in [7, 11) is 0. The highest BCUT2D eigenvalue weighted by Crippen LogP contribution is 2.23. The average molecular weight is 334 g/mol. The smallest absolute Gasteiger partial charge is 0.157 e. The fraction of sp³-hybridized carbons (Fsp3) is 0.500. The zero-order valence-corrected chi connectivity index (χ0v) is 11.6. The van der Waals surface area contributed by atoms with Crippen LogP contribution < -0.4 is 5.32 Å². The van der Waals surface area contributed by atoms with Gasteiger partial charge >= 0.3 is 0 Å². The molecule has 0 saturated carbocycles. The molecule has 1 aromatic rings. The van der Waals surface area contributed by atoms with Crippen LogP contribution in [0.1, 0.15) is 0 Å². The van der Waals surface area contributed by atoms with Gasteiger partial charge in [-0.2, -0.15) is 0 Å². The van der Waals surface area contributed by atoms with Crippen LogP contribution in [0, 0.1) is 0 Å². The number of ether oxygens (including phenoxy) is 1. The summed E-state index contributed by atoms with van der Waals surface area (Å²) in [5.74, 6) is 0. The van der Waals surface area contributed by atoms with Gasteiger partial charge in [-0.3, -0.25) is 0 Å². The van der Waals surface area contributed by atoms with Crippen molar-refractivity contribution in [1.29, 1.82) is 0 Å². The van der Waals surface area contributed by atoms with Gasteiger partial charge < -0.3 is 30.5 Å². The molecule has 7 heteroatoms. The van der Waals surface area contributed by atoms with Crippen molar-refractivity contribution in [2.75, 3.05) is 11.9 Å².